The zero-order valence-corrected chi connectivity index (χ0v) is 12.5. The normalized spacial score (nSPS) is 53.1. The molecule has 0 aromatic rings. The van der Waals surface area contributed by atoms with Crippen LogP contribution in [0.25, 0.3) is 0 Å². The molecule has 4 aliphatic carbocycles. The van der Waals surface area contributed by atoms with Gasteiger partial charge in [-0.15, -0.1) is 0 Å². The Kier molecular flexibility index (Phi) is 2.80. The van der Waals surface area contributed by atoms with Gasteiger partial charge in [-0.1, -0.05) is 0 Å². The Morgan fingerprint density at radius 3 is 2.05 bits per heavy atom. The SMILES string of the molecule is CN1CCC(CCN)(C23CC4CC(CC(C4)C2)C3)C1. The molecular weight excluding hydrogens is 232 g/mol. The summed E-state index contributed by atoms with van der Waals surface area (Å²) in [6.07, 6.45) is 12.0. The second kappa shape index (κ2) is 4.21. The fraction of sp³-hybridized carbons (Fsp3) is 1.00. The van der Waals surface area contributed by atoms with Crippen LogP contribution in [0.4, 0.5) is 0 Å². The maximum Gasteiger partial charge on any atom is 0.00412 e. The fourth-order valence-electron chi connectivity index (χ4n) is 7.02. The van der Waals surface area contributed by atoms with Crippen LogP contribution in [0, 0.1) is 28.6 Å². The van der Waals surface area contributed by atoms with Gasteiger partial charge in [-0.05, 0) is 100 Å². The summed E-state index contributed by atoms with van der Waals surface area (Å²) in [7, 11) is 2.32. The maximum atomic E-state index is 6.04. The van der Waals surface area contributed by atoms with Crippen molar-refractivity contribution in [3.63, 3.8) is 0 Å². The van der Waals surface area contributed by atoms with Crippen molar-refractivity contribution in [2.75, 3.05) is 26.7 Å². The molecule has 2 nitrogen and oxygen atoms in total. The molecule has 1 heterocycles. The minimum atomic E-state index is 0.576. The third-order valence-corrected chi connectivity index (χ3v) is 7.33. The van der Waals surface area contributed by atoms with Crippen molar-refractivity contribution in [2.45, 2.75) is 51.4 Å². The first-order valence-electron chi connectivity index (χ1n) is 8.53. The van der Waals surface area contributed by atoms with Gasteiger partial charge in [0, 0.05) is 6.54 Å². The number of nitrogens with two attached hydrogens (primary N) is 1. The van der Waals surface area contributed by atoms with Gasteiger partial charge in [-0.25, -0.2) is 0 Å². The molecule has 1 atom stereocenters. The van der Waals surface area contributed by atoms with Crippen LogP contribution in [0.2, 0.25) is 0 Å². The first-order chi connectivity index (χ1) is 9.15. The lowest BCUT2D eigenvalue weighted by Gasteiger charge is -2.63. The Labute approximate surface area is 118 Å². The highest BCUT2D eigenvalue weighted by Gasteiger charge is 2.60. The monoisotopic (exact) mass is 262 g/mol. The second-order valence-electron chi connectivity index (χ2n) is 8.50. The Morgan fingerprint density at radius 2 is 1.63 bits per heavy atom. The van der Waals surface area contributed by atoms with E-state index in [0.29, 0.717) is 10.8 Å². The van der Waals surface area contributed by atoms with Crippen LogP contribution in [0.5, 0.6) is 0 Å². The van der Waals surface area contributed by atoms with E-state index in [1.165, 1.54) is 25.9 Å². The summed E-state index contributed by atoms with van der Waals surface area (Å²) < 4.78 is 0. The summed E-state index contributed by atoms with van der Waals surface area (Å²) in [5.74, 6) is 3.23. The molecule has 5 aliphatic rings. The highest BCUT2D eigenvalue weighted by atomic mass is 15.1. The summed E-state index contributed by atoms with van der Waals surface area (Å²) in [5, 5.41) is 0. The lowest BCUT2D eigenvalue weighted by molar-refractivity contribution is -0.130. The van der Waals surface area contributed by atoms with Gasteiger partial charge < -0.3 is 10.6 Å². The van der Waals surface area contributed by atoms with E-state index in [1.54, 1.807) is 38.5 Å². The van der Waals surface area contributed by atoms with Crippen LogP contribution in [0.1, 0.15) is 51.4 Å². The first-order valence-corrected chi connectivity index (χ1v) is 8.53. The molecule has 0 spiro atoms. The third kappa shape index (κ3) is 1.75. The molecule has 0 aromatic heterocycles. The average Bonchev–Trinajstić information content (AvgIpc) is 2.71. The van der Waals surface area contributed by atoms with Gasteiger partial charge in [-0.2, -0.15) is 0 Å². The molecule has 2 heteroatoms. The smallest absolute Gasteiger partial charge is 0.00412 e. The molecule has 5 fully saturated rings. The minimum absolute atomic E-state index is 0.576. The van der Waals surface area contributed by atoms with Crippen molar-refractivity contribution in [1.29, 1.82) is 0 Å². The van der Waals surface area contributed by atoms with Gasteiger partial charge in [0.1, 0.15) is 0 Å². The zero-order valence-electron chi connectivity index (χ0n) is 12.5. The maximum absolute atomic E-state index is 6.04. The zero-order chi connectivity index (χ0) is 13.1. The molecule has 4 saturated carbocycles. The van der Waals surface area contributed by atoms with Crippen LogP contribution in [0.15, 0.2) is 0 Å². The first kappa shape index (κ1) is 12.6. The molecule has 0 aromatic carbocycles. The molecule has 0 radical (unpaired) electrons. The lowest BCUT2D eigenvalue weighted by Crippen LogP contribution is -2.56. The Bertz CT molecular complexity index is 325. The van der Waals surface area contributed by atoms with E-state index in [-0.39, 0.29) is 0 Å². The van der Waals surface area contributed by atoms with Gasteiger partial charge in [0.2, 0.25) is 0 Å². The number of hydrogen-bond acceptors (Lipinski definition) is 2. The van der Waals surface area contributed by atoms with Crippen LogP contribution in [0.3, 0.4) is 0 Å². The Morgan fingerprint density at radius 1 is 1.05 bits per heavy atom. The summed E-state index contributed by atoms with van der Waals surface area (Å²) in [5.41, 5.74) is 7.30. The van der Waals surface area contributed by atoms with E-state index in [2.05, 4.69) is 11.9 Å². The van der Waals surface area contributed by atoms with Crippen molar-refractivity contribution in [2.24, 2.45) is 34.3 Å². The molecule has 4 bridgehead atoms. The van der Waals surface area contributed by atoms with Crippen molar-refractivity contribution in [3.8, 4) is 0 Å². The van der Waals surface area contributed by atoms with Gasteiger partial charge >= 0.3 is 0 Å². The van der Waals surface area contributed by atoms with Crippen molar-refractivity contribution < 1.29 is 0 Å². The molecule has 1 aliphatic heterocycles. The topological polar surface area (TPSA) is 29.3 Å². The molecule has 108 valence electrons. The van der Waals surface area contributed by atoms with E-state index in [1.807, 2.05) is 0 Å². The molecule has 1 saturated heterocycles. The predicted octanol–water partition coefficient (Wildman–Crippen LogP) is 2.87. The molecule has 0 amide bonds. The molecule has 5 rings (SSSR count). The number of rotatable bonds is 3. The highest BCUT2D eigenvalue weighted by Crippen LogP contribution is 2.68. The molecule has 2 N–H and O–H groups in total. The number of nitrogens with zero attached hydrogens (tertiary/aromatic N) is 1. The van der Waals surface area contributed by atoms with E-state index in [9.17, 15) is 0 Å². The highest BCUT2D eigenvalue weighted by molar-refractivity contribution is 5.11. The second-order valence-corrected chi connectivity index (χ2v) is 8.50. The quantitative estimate of drug-likeness (QED) is 0.847. The summed E-state index contributed by atoms with van der Waals surface area (Å²) in [6.45, 7) is 3.54. The Balaban J connectivity index is 1.68. The van der Waals surface area contributed by atoms with E-state index < -0.39 is 0 Å². The van der Waals surface area contributed by atoms with Crippen LogP contribution < -0.4 is 5.73 Å². The van der Waals surface area contributed by atoms with Crippen LogP contribution in [-0.2, 0) is 0 Å². The fourth-order valence-corrected chi connectivity index (χ4v) is 7.02. The number of hydrogen-bond donors (Lipinski definition) is 1. The summed E-state index contributed by atoms with van der Waals surface area (Å²) in [4.78, 5) is 2.58. The van der Waals surface area contributed by atoms with Crippen molar-refractivity contribution in [1.82, 2.24) is 4.90 Å². The predicted molar refractivity (Wildman–Crippen MR) is 78.8 cm³/mol. The van der Waals surface area contributed by atoms with Gasteiger partial charge in [0.25, 0.3) is 0 Å². The van der Waals surface area contributed by atoms with Crippen LogP contribution in [-0.4, -0.2) is 31.6 Å². The van der Waals surface area contributed by atoms with E-state index in [0.717, 1.165) is 24.3 Å². The van der Waals surface area contributed by atoms with E-state index in [4.69, 9.17) is 5.73 Å². The lowest BCUT2D eigenvalue weighted by atomic mass is 9.42. The largest absolute Gasteiger partial charge is 0.330 e. The van der Waals surface area contributed by atoms with Crippen LogP contribution >= 0.6 is 0 Å². The average molecular weight is 262 g/mol. The van der Waals surface area contributed by atoms with Gasteiger partial charge in [0.15, 0.2) is 0 Å². The van der Waals surface area contributed by atoms with Crippen molar-refractivity contribution in [3.05, 3.63) is 0 Å². The molecular formula is C17H30N2. The summed E-state index contributed by atoms with van der Waals surface area (Å²) >= 11 is 0. The third-order valence-electron chi connectivity index (χ3n) is 7.33. The van der Waals surface area contributed by atoms with Crippen molar-refractivity contribution >= 4 is 0 Å². The molecule has 19 heavy (non-hydrogen) atoms. The molecule has 1 unspecified atom stereocenters. The Hall–Kier alpha value is -0.0800. The van der Waals surface area contributed by atoms with Gasteiger partial charge in [0.05, 0.1) is 0 Å². The minimum Gasteiger partial charge on any atom is -0.330 e. The van der Waals surface area contributed by atoms with Gasteiger partial charge in [-0.3, -0.25) is 0 Å². The van der Waals surface area contributed by atoms with E-state index >= 15 is 0 Å². The summed E-state index contributed by atoms with van der Waals surface area (Å²) in [6, 6.07) is 0. The standard InChI is InChI=1S/C17H30N2/c1-19-5-3-16(12-19,2-4-18)17-9-13-6-14(10-17)8-15(7-13)11-17/h13-15H,2-12,18H2,1H3. The number of likely N-dealkylation sites (tertiary alicyclic amines) is 1.